The zero-order valence-electron chi connectivity index (χ0n) is 17.7. The highest BCUT2D eigenvalue weighted by molar-refractivity contribution is 7.98. The highest BCUT2D eigenvalue weighted by Crippen LogP contribution is 2.27. The van der Waals surface area contributed by atoms with Crippen molar-refractivity contribution in [3.63, 3.8) is 0 Å². The van der Waals surface area contributed by atoms with Crippen LogP contribution in [0.2, 0.25) is 0 Å². The van der Waals surface area contributed by atoms with Gasteiger partial charge in [0.05, 0.1) is 22.4 Å². The number of ether oxygens (including phenoxy) is 1. The van der Waals surface area contributed by atoms with E-state index in [1.54, 1.807) is 31.2 Å². The van der Waals surface area contributed by atoms with Crippen molar-refractivity contribution in [3.05, 3.63) is 70.9 Å². The molecule has 0 unspecified atom stereocenters. The van der Waals surface area contributed by atoms with E-state index in [9.17, 15) is 19.2 Å². The maximum Gasteiger partial charge on any atom is 0.339 e. The van der Waals surface area contributed by atoms with E-state index in [0.29, 0.717) is 33.6 Å². The molecule has 0 fully saturated rings. The molecule has 1 aliphatic heterocycles. The number of nitrogens with one attached hydrogen (secondary N) is 1. The van der Waals surface area contributed by atoms with Crippen molar-refractivity contribution in [2.24, 2.45) is 0 Å². The summed E-state index contributed by atoms with van der Waals surface area (Å²) in [7, 11) is 1.39. The van der Waals surface area contributed by atoms with Gasteiger partial charge in [0.2, 0.25) is 5.89 Å². The third kappa shape index (κ3) is 4.77. The summed E-state index contributed by atoms with van der Waals surface area (Å²) in [6, 6.07) is 11.2. The van der Waals surface area contributed by atoms with Gasteiger partial charge in [0, 0.05) is 17.6 Å². The van der Waals surface area contributed by atoms with E-state index >= 15 is 0 Å². The topological polar surface area (TPSA) is 132 Å². The molecular formula is C22H18N4O6S. The molecule has 0 spiro atoms. The Morgan fingerprint density at radius 1 is 1.12 bits per heavy atom. The molecule has 4 rings (SSSR count). The summed E-state index contributed by atoms with van der Waals surface area (Å²) in [5.74, 6) is -0.752. The lowest BCUT2D eigenvalue weighted by atomic mass is 10.1. The van der Waals surface area contributed by atoms with Crippen LogP contribution in [0.5, 0.6) is 0 Å². The minimum Gasteiger partial charge on any atom is -0.452 e. The monoisotopic (exact) mass is 466 g/mol. The second kappa shape index (κ2) is 9.25. The number of imide groups is 1. The van der Waals surface area contributed by atoms with E-state index in [1.807, 2.05) is 0 Å². The van der Waals surface area contributed by atoms with Gasteiger partial charge in [-0.15, -0.1) is 11.8 Å². The Balaban J connectivity index is 1.35. The van der Waals surface area contributed by atoms with Gasteiger partial charge in [-0.05, 0) is 37.3 Å². The third-order valence-electron chi connectivity index (χ3n) is 4.74. The molecule has 1 N–H and O–H groups in total. The standard InChI is InChI=1S/C22H18N4O6S/c1-12-23-19(32-25-12)11-33-17-6-4-3-5-15(17)22(30)31-10-18(27)24-13-7-8-14-16(9-13)21(29)26(2)20(14)28/h3-9H,10-11H2,1-2H3,(H,24,27). The lowest BCUT2D eigenvalue weighted by Gasteiger charge is -2.09. The molecule has 0 aliphatic carbocycles. The first-order valence-electron chi connectivity index (χ1n) is 9.78. The molecule has 3 amide bonds. The minimum atomic E-state index is -0.661. The number of benzene rings is 2. The Kier molecular flexibility index (Phi) is 6.22. The molecule has 2 aromatic carbocycles. The highest BCUT2D eigenvalue weighted by atomic mass is 32.2. The van der Waals surface area contributed by atoms with Crippen LogP contribution in [-0.2, 0) is 15.3 Å². The quantitative estimate of drug-likeness (QED) is 0.317. The number of nitrogens with zero attached hydrogens (tertiary/aromatic N) is 3. The second-order valence-corrected chi connectivity index (χ2v) is 8.09. The molecule has 3 aromatic rings. The molecular weight excluding hydrogens is 448 g/mol. The Labute approximate surface area is 192 Å². The zero-order chi connectivity index (χ0) is 23.5. The molecule has 33 heavy (non-hydrogen) atoms. The van der Waals surface area contributed by atoms with Gasteiger partial charge in [-0.2, -0.15) is 4.98 Å². The number of fused-ring (bicyclic) bond motifs is 1. The number of thioether (sulfide) groups is 1. The number of aromatic nitrogens is 2. The van der Waals surface area contributed by atoms with Crippen LogP contribution in [-0.4, -0.2) is 52.4 Å². The van der Waals surface area contributed by atoms with Crippen molar-refractivity contribution in [2.45, 2.75) is 17.6 Å². The van der Waals surface area contributed by atoms with Gasteiger partial charge in [0.1, 0.15) is 0 Å². The molecule has 0 saturated carbocycles. The molecule has 1 aromatic heterocycles. The molecule has 10 nitrogen and oxygen atoms in total. The number of carbonyl (C=O) groups is 4. The van der Waals surface area contributed by atoms with Crippen LogP contribution >= 0.6 is 11.8 Å². The number of esters is 1. The zero-order valence-corrected chi connectivity index (χ0v) is 18.5. The summed E-state index contributed by atoms with van der Waals surface area (Å²) in [6.07, 6.45) is 0. The predicted octanol–water partition coefficient (Wildman–Crippen LogP) is 2.69. The SMILES string of the molecule is Cc1noc(CSc2ccccc2C(=O)OCC(=O)Nc2ccc3c(c2)C(=O)N(C)C3=O)n1. The summed E-state index contributed by atoms with van der Waals surface area (Å²) in [5.41, 5.74) is 1.10. The number of rotatable bonds is 7. The number of anilines is 1. The van der Waals surface area contributed by atoms with E-state index in [2.05, 4.69) is 15.5 Å². The van der Waals surface area contributed by atoms with E-state index < -0.39 is 30.3 Å². The first-order chi connectivity index (χ1) is 15.8. The van der Waals surface area contributed by atoms with Crippen LogP contribution < -0.4 is 5.32 Å². The second-order valence-electron chi connectivity index (χ2n) is 7.07. The number of hydrogen-bond acceptors (Lipinski definition) is 9. The normalized spacial score (nSPS) is 12.6. The fraction of sp³-hybridized carbons (Fsp3) is 0.182. The van der Waals surface area contributed by atoms with E-state index in [1.165, 1.54) is 37.0 Å². The van der Waals surface area contributed by atoms with Crippen molar-refractivity contribution in [1.29, 1.82) is 0 Å². The molecule has 11 heteroatoms. The van der Waals surface area contributed by atoms with Crippen LogP contribution in [0.1, 0.15) is 42.8 Å². The molecule has 168 valence electrons. The van der Waals surface area contributed by atoms with Gasteiger partial charge in [0.15, 0.2) is 12.4 Å². The van der Waals surface area contributed by atoms with E-state index in [4.69, 9.17) is 9.26 Å². The Morgan fingerprint density at radius 3 is 2.64 bits per heavy atom. The molecule has 0 radical (unpaired) electrons. The first-order valence-corrected chi connectivity index (χ1v) is 10.8. The average molecular weight is 466 g/mol. The Bertz CT molecular complexity index is 1270. The maximum atomic E-state index is 12.6. The van der Waals surface area contributed by atoms with Gasteiger partial charge in [-0.25, -0.2) is 4.79 Å². The van der Waals surface area contributed by atoms with Crippen molar-refractivity contribution in [1.82, 2.24) is 15.0 Å². The van der Waals surface area contributed by atoms with Crippen LogP contribution in [0.3, 0.4) is 0 Å². The lowest BCUT2D eigenvalue weighted by Crippen LogP contribution is -2.24. The van der Waals surface area contributed by atoms with Gasteiger partial charge in [-0.3, -0.25) is 19.3 Å². The Hall–Kier alpha value is -3.99. The van der Waals surface area contributed by atoms with Crippen LogP contribution in [0.15, 0.2) is 51.9 Å². The number of carbonyl (C=O) groups excluding carboxylic acids is 4. The molecule has 1 aliphatic rings. The molecule has 0 atom stereocenters. The molecule has 2 heterocycles. The van der Waals surface area contributed by atoms with Crippen molar-refractivity contribution < 1.29 is 28.4 Å². The largest absolute Gasteiger partial charge is 0.452 e. The highest BCUT2D eigenvalue weighted by Gasteiger charge is 2.32. The van der Waals surface area contributed by atoms with Crippen molar-refractivity contribution >= 4 is 41.1 Å². The summed E-state index contributed by atoms with van der Waals surface area (Å²) in [5, 5.41) is 6.29. The lowest BCUT2D eigenvalue weighted by molar-refractivity contribution is -0.119. The summed E-state index contributed by atoms with van der Waals surface area (Å²) in [4.78, 5) is 54.7. The Morgan fingerprint density at radius 2 is 1.88 bits per heavy atom. The summed E-state index contributed by atoms with van der Waals surface area (Å²) >= 11 is 1.33. The fourth-order valence-corrected chi connectivity index (χ4v) is 4.02. The van der Waals surface area contributed by atoms with Gasteiger partial charge in [-0.1, -0.05) is 17.3 Å². The number of hydrogen-bond donors (Lipinski definition) is 1. The first kappa shape index (κ1) is 22.2. The predicted molar refractivity (Wildman–Crippen MR) is 117 cm³/mol. The van der Waals surface area contributed by atoms with Gasteiger partial charge < -0.3 is 14.6 Å². The average Bonchev–Trinajstić information content (AvgIpc) is 3.32. The van der Waals surface area contributed by atoms with Gasteiger partial charge >= 0.3 is 5.97 Å². The fourth-order valence-electron chi connectivity index (χ4n) is 3.14. The molecule has 0 saturated heterocycles. The van der Waals surface area contributed by atoms with Crippen molar-refractivity contribution in [3.8, 4) is 0 Å². The van der Waals surface area contributed by atoms with Crippen LogP contribution in [0, 0.1) is 6.92 Å². The van der Waals surface area contributed by atoms with Crippen LogP contribution in [0.25, 0.3) is 0 Å². The van der Waals surface area contributed by atoms with Crippen LogP contribution in [0.4, 0.5) is 5.69 Å². The van der Waals surface area contributed by atoms with E-state index in [-0.39, 0.29) is 11.1 Å². The third-order valence-corrected chi connectivity index (χ3v) is 5.79. The smallest absolute Gasteiger partial charge is 0.339 e. The van der Waals surface area contributed by atoms with E-state index in [0.717, 1.165) is 4.90 Å². The number of aryl methyl sites for hydroxylation is 1. The minimum absolute atomic E-state index is 0.208. The summed E-state index contributed by atoms with van der Waals surface area (Å²) < 4.78 is 10.2. The number of amides is 3. The maximum absolute atomic E-state index is 12.6. The summed E-state index contributed by atoms with van der Waals surface area (Å²) in [6.45, 7) is 1.19. The molecule has 0 bridgehead atoms. The van der Waals surface area contributed by atoms with Gasteiger partial charge in [0.25, 0.3) is 17.7 Å². The van der Waals surface area contributed by atoms with Crippen molar-refractivity contribution in [2.75, 3.05) is 19.0 Å².